The molecule has 0 aliphatic carbocycles. The number of esters is 1. The van der Waals surface area contributed by atoms with E-state index in [0.717, 1.165) is 16.8 Å². The minimum atomic E-state index is -0.587. The van der Waals surface area contributed by atoms with Crippen molar-refractivity contribution in [3.63, 3.8) is 0 Å². The first-order chi connectivity index (χ1) is 14.4. The molecule has 2 aromatic carbocycles. The number of amides is 2. The number of hydrogen-bond acceptors (Lipinski definition) is 4. The molecular formula is C23H28ClN3O3. The number of rotatable bonds is 5. The average Bonchev–Trinajstić information content (AvgIpc) is 2.75. The molecule has 160 valence electrons. The Bertz CT molecular complexity index is 895. The fraction of sp³-hybridized carbons (Fsp3) is 0.391. The van der Waals surface area contributed by atoms with E-state index in [4.69, 9.17) is 16.3 Å². The van der Waals surface area contributed by atoms with Gasteiger partial charge in [-0.1, -0.05) is 61.8 Å². The number of urea groups is 1. The number of piperazine rings is 1. The summed E-state index contributed by atoms with van der Waals surface area (Å²) >= 11 is 6.34. The van der Waals surface area contributed by atoms with Crippen LogP contribution in [0.25, 0.3) is 0 Å². The first kappa shape index (κ1) is 22.1. The van der Waals surface area contributed by atoms with Crippen LogP contribution in [0.4, 0.5) is 10.5 Å². The summed E-state index contributed by atoms with van der Waals surface area (Å²) < 4.78 is 5.03. The molecule has 2 amide bonds. The molecule has 6 nitrogen and oxygen atoms in total. The van der Waals surface area contributed by atoms with Crippen LogP contribution in [0.1, 0.15) is 36.9 Å². The highest BCUT2D eigenvalue weighted by atomic mass is 35.5. The highest BCUT2D eigenvalue weighted by molar-refractivity contribution is 6.31. The van der Waals surface area contributed by atoms with E-state index in [0.29, 0.717) is 37.1 Å². The number of carbonyl (C=O) groups excluding carboxylic acids is 2. The third-order valence-electron chi connectivity index (χ3n) is 5.42. The van der Waals surface area contributed by atoms with Gasteiger partial charge in [-0.15, -0.1) is 0 Å². The molecule has 1 N–H and O–H groups in total. The van der Waals surface area contributed by atoms with Crippen molar-refractivity contribution in [2.75, 3.05) is 38.6 Å². The van der Waals surface area contributed by atoms with Crippen LogP contribution in [0.15, 0.2) is 48.5 Å². The number of hydrogen-bond donors (Lipinski definition) is 1. The number of methoxy groups -OCH3 is 1. The van der Waals surface area contributed by atoms with Gasteiger partial charge in [-0.25, -0.2) is 9.59 Å². The lowest BCUT2D eigenvalue weighted by molar-refractivity contribution is -0.148. The van der Waals surface area contributed by atoms with E-state index >= 15 is 0 Å². The van der Waals surface area contributed by atoms with E-state index in [1.54, 1.807) is 11.0 Å². The van der Waals surface area contributed by atoms with E-state index in [-0.39, 0.29) is 12.0 Å². The Morgan fingerprint density at radius 3 is 2.17 bits per heavy atom. The molecule has 1 atom stereocenters. The molecule has 7 heteroatoms. The summed E-state index contributed by atoms with van der Waals surface area (Å²) in [6, 6.07) is 14.4. The standard InChI is InChI=1S/C23H28ClN3O3/c1-16(2)17-8-5-7-11-20(17)25-23(29)27-14-12-26(13-15-27)21(22(28)30-3)18-9-4-6-10-19(18)24/h4-11,16,21H,12-15H2,1-3H3,(H,25,29)/t21-/m0/s1. The zero-order valence-corrected chi connectivity index (χ0v) is 18.4. The zero-order chi connectivity index (χ0) is 21.7. The van der Waals surface area contributed by atoms with E-state index < -0.39 is 6.04 Å². The van der Waals surface area contributed by atoms with Gasteiger partial charge in [-0.3, -0.25) is 4.90 Å². The average molecular weight is 430 g/mol. The van der Waals surface area contributed by atoms with Crippen molar-refractivity contribution in [3.8, 4) is 0 Å². The second-order valence-electron chi connectivity index (χ2n) is 7.64. The molecular weight excluding hydrogens is 402 g/mol. The molecule has 0 radical (unpaired) electrons. The van der Waals surface area contributed by atoms with Gasteiger partial charge in [-0.05, 0) is 29.2 Å². The normalized spacial score (nSPS) is 15.7. The molecule has 1 aliphatic heterocycles. The second-order valence-corrected chi connectivity index (χ2v) is 8.05. The Labute approximate surface area is 182 Å². The van der Waals surface area contributed by atoms with Crippen LogP contribution in [0.5, 0.6) is 0 Å². The lowest BCUT2D eigenvalue weighted by Crippen LogP contribution is -2.52. The minimum absolute atomic E-state index is 0.130. The number of ether oxygens (including phenoxy) is 1. The van der Waals surface area contributed by atoms with Gasteiger partial charge in [-0.2, -0.15) is 0 Å². The molecule has 1 aliphatic rings. The monoisotopic (exact) mass is 429 g/mol. The van der Waals surface area contributed by atoms with Crippen LogP contribution in [0, 0.1) is 0 Å². The van der Waals surface area contributed by atoms with E-state index in [9.17, 15) is 9.59 Å². The zero-order valence-electron chi connectivity index (χ0n) is 17.6. The summed E-state index contributed by atoms with van der Waals surface area (Å²) in [5.74, 6) is -0.0401. The molecule has 0 saturated carbocycles. The van der Waals surface area contributed by atoms with Gasteiger partial charge in [0.1, 0.15) is 6.04 Å². The molecule has 0 spiro atoms. The summed E-state index contributed by atoms with van der Waals surface area (Å²) in [5, 5.41) is 3.56. The van der Waals surface area contributed by atoms with Crippen LogP contribution in [-0.2, 0) is 9.53 Å². The Morgan fingerprint density at radius 1 is 0.967 bits per heavy atom. The number of halogens is 1. The minimum Gasteiger partial charge on any atom is -0.468 e. The predicted octanol–water partition coefficient (Wildman–Crippen LogP) is 4.53. The molecule has 1 heterocycles. The van der Waals surface area contributed by atoms with E-state index in [2.05, 4.69) is 19.2 Å². The van der Waals surface area contributed by atoms with Crippen LogP contribution in [-0.4, -0.2) is 55.1 Å². The van der Waals surface area contributed by atoms with Gasteiger partial charge in [0.2, 0.25) is 0 Å². The van der Waals surface area contributed by atoms with Gasteiger partial charge < -0.3 is 15.0 Å². The summed E-state index contributed by atoms with van der Waals surface area (Å²) in [5.41, 5.74) is 2.66. The maximum absolute atomic E-state index is 12.8. The number of nitrogens with zero attached hydrogens (tertiary/aromatic N) is 2. The smallest absolute Gasteiger partial charge is 0.327 e. The largest absolute Gasteiger partial charge is 0.468 e. The van der Waals surface area contributed by atoms with E-state index in [1.807, 2.05) is 47.4 Å². The van der Waals surface area contributed by atoms with Crippen molar-refractivity contribution < 1.29 is 14.3 Å². The SMILES string of the molecule is COC(=O)[C@H](c1ccccc1Cl)N1CCN(C(=O)Nc2ccccc2C(C)C)CC1. The third kappa shape index (κ3) is 4.94. The van der Waals surface area contributed by atoms with Crippen molar-refractivity contribution in [2.24, 2.45) is 0 Å². The topological polar surface area (TPSA) is 61.9 Å². The van der Waals surface area contributed by atoms with Crippen molar-refractivity contribution in [3.05, 3.63) is 64.7 Å². The van der Waals surface area contributed by atoms with Crippen molar-refractivity contribution in [2.45, 2.75) is 25.8 Å². The van der Waals surface area contributed by atoms with Crippen molar-refractivity contribution in [1.82, 2.24) is 9.80 Å². The lowest BCUT2D eigenvalue weighted by atomic mass is 10.0. The number of nitrogens with one attached hydrogen (secondary N) is 1. The maximum Gasteiger partial charge on any atom is 0.327 e. The van der Waals surface area contributed by atoms with Gasteiger partial charge in [0.25, 0.3) is 0 Å². The fourth-order valence-electron chi connectivity index (χ4n) is 3.77. The summed E-state index contributed by atoms with van der Waals surface area (Å²) in [7, 11) is 1.38. The number of anilines is 1. The Hall–Kier alpha value is -2.57. The van der Waals surface area contributed by atoms with Gasteiger partial charge in [0.05, 0.1) is 7.11 Å². The number of benzene rings is 2. The summed E-state index contributed by atoms with van der Waals surface area (Å²) in [6.45, 7) is 6.31. The highest BCUT2D eigenvalue weighted by Crippen LogP contribution is 2.30. The maximum atomic E-state index is 12.8. The quantitative estimate of drug-likeness (QED) is 0.709. The molecule has 0 aromatic heterocycles. The Kier molecular flexibility index (Phi) is 7.34. The molecule has 1 saturated heterocycles. The van der Waals surface area contributed by atoms with Gasteiger partial charge in [0.15, 0.2) is 0 Å². The van der Waals surface area contributed by atoms with Gasteiger partial charge in [0, 0.05) is 36.9 Å². The molecule has 1 fully saturated rings. The van der Waals surface area contributed by atoms with Crippen LogP contribution < -0.4 is 5.32 Å². The number of carbonyl (C=O) groups is 2. The molecule has 3 rings (SSSR count). The van der Waals surface area contributed by atoms with E-state index in [1.165, 1.54) is 7.11 Å². The lowest BCUT2D eigenvalue weighted by Gasteiger charge is -2.38. The van der Waals surface area contributed by atoms with Crippen LogP contribution in [0.2, 0.25) is 5.02 Å². The Morgan fingerprint density at radius 2 is 1.57 bits per heavy atom. The summed E-state index contributed by atoms with van der Waals surface area (Å²) in [4.78, 5) is 29.1. The first-order valence-corrected chi connectivity index (χ1v) is 10.5. The van der Waals surface area contributed by atoms with Crippen LogP contribution in [0.3, 0.4) is 0 Å². The first-order valence-electron chi connectivity index (χ1n) is 10.1. The third-order valence-corrected chi connectivity index (χ3v) is 5.76. The van der Waals surface area contributed by atoms with Crippen molar-refractivity contribution in [1.29, 1.82) is 0 Å². The van der Waals surface area contributed by atoms with Crippen LogP contribution >= 0.6 is 11.6 Å². The molecule has 0 bridgehead atoms. The fourth-order valence-corrected chi connectivity index (χ4v) is 4.01. The number of para-hydroxylation sites is 1. The second kappa shape index (κ2) is 9.96. The van der Waals surface area contributed by atoms with Gasteiger partial charge >= 0.3 is 12.0 Å². The summed E-state index contributed by atoms with van der Waals surface area (Å²) in [6.07, 6.45) is 0. The Balaban J connectivity index is 1.68. The molecule has 2 aromatic rings. The van der Waals surface area contributed by atoms with Crippen molar-refractivity contribution >= 4 is 29.3 Å². The highest BCUT2D eigenvalue weighted by Gasteiger charge is 2.33. The molecule has 30 heavy (non-hydrogen) atoms. The predicted molar refractivity (Wildman–Crippen MR) is 119 cm³/mol. The molecule has 0 unspecified atom stereocenters.